The Morgan fingerprint density at radius 3 is 1.68 bits per heavy atom. The molecule has 0 aliphatic rings. The highest BCUT2D eigenvalue weighted by atomic mass is 16.5. The van der Waals surface area contributed by atoms with Crippen molar-refractivity contribution in [1.29, 1.82) is 0 Å². The summed E-state index contributed by atoms with van der Waals surface area (Å²) in [6.07, 6.45) is -6.92. The number of hydrogen-bond donors (Lipinski definition) is 6. The molecule has 0 heterocycles. The van der Waals surface area contributed by atoms with Crippen molar-refractivity contribution in [2.75, 3.05) is 35.0 Å². The Morgan fingerprint density at radius 1 is 0.816 bits per heavy atom. The minimum atomic E-state index is -2.59. The molecule has 212 valence electrons. The minimum absolute atomic E-state index is 0.186. The normalized spacial score (nSPS) is 16.9. The van der Waals surface area contributed by atoms with Gasteiger partial charge in [-0.25, -0.2) is 0 Å². The highest BCUT2D eigenvalue weighted by Gasteiger charge is 2.54. The molecule has 10 heteroatoms. The van der Waals surface area contributed by atoms with E-state index in [4.69, 9.17) is 18.9 Å². The molecule has 0 aromatic heterocycles. The predicted molar refractivity (Wildman–Crippen MR) is 141 cm³/mol. The smallest absolute Gasteiger partial charge is 0.126 e. The van der Waals surface area contributed by atoms with Gasteiger partial charge in [-0.15, -0.1) is 6.58 Å². The molecule has 2 aromatic carbocycles. The van der Waals surface area contributed by atoms with Gasteiger partial charge in [0.25, 0.3) is 0 Å². The highest BCUT2D eigenvalue weighted by molar-refractivity contribution is 5.43. The van der Waals surface area contributed by atoms with E-state index in [0.29, 0.717) is 39.7 Å². The average Bonchev–Trinajstić information content (AvgIpc) is 2.90. The summed E-state index contributed by atoms with van der Waals surface area (Å²) in [5, 5.41) is 66.5. The van der Waals surface area contributed by atoms with E-state index < -0.39 is 42.5 Å². The zero-order chi connectivity index (χ0) is 28.7. The molecule has 5 atom stereocenters. The molecule has 0 fully saturated rings. The van der Waals surface area contributed by atoms with Crippen LogP contribution in [-0.2, 0) is 12.8 Å². The van der Waals surface area contributed by atoms with Gasteiger partial charge in [0, 0.05) is 24.0 Å². The number of hydrogen-bond acceptors (Lipinski definition) is 10. The molecule has 0 aliphatic carbocycles. The van der Waals surface area contributed by atoms with Gasteiger partial charge in [-0.3, -0.25) is 0 Å². The van der Waals surface area contributed by atoms with E-state index in [2.05, 4.69) is 6.58 Å². The van der Waals surface area contributed by atoms with Crippen LogP contribution in [0.15, 0.2) is 48.6 Å². The van der Waals surface area contributed by atoms with E-state index in [9.17, 15) is 30.6 Å². The number of benzene rings is 2. The lowest BCUT2D eigenvalue weighted by Crippen LogP contribution is -2.66. The van der Waals surface area contributed by atoms with E-state index >= 15 is 0 Å². The van der Waals surface area contributed by atoms with Crippen LogP contribution in [0.1, 0.15) is 24.5 Å². The molecule has 10 nitrogen and oxygen atoms in total. The summed E-state index contributed by atoms with van der Waals surface area (Å²) in [7, 11) is 5.79. The Morgan fingerprint density at radius 2 is 1.29 bits per heavy atom. The summed E-state index contributed by atoms with van der Waals surface area (Å²) >= 11 is 0. The number of ether oxygens (including phenoxy) is 4. The number of aliphatic hydroxyl groups excluding tert-OH is 4. The maximum Gasteiger partial charge on any atom is 0.126 e. The van der Waals surface area contributed by atoms with Crippen LogP contribution in [0.2, 0.25) is 0 Å². The summed E-state index contributed by atoms with van der Waals surface area (Å²) in [6.45, 7) is 4.59. The fraction of sp³-hybridized carbons (Fsp3) is 0.500. The van der Waals surface area contributed by atoms with E-state index in [1.807, 2.05) is 0 Å². The molecule has 0 amide bonds. The molecule has 0 saturated heterocycles. The Kier molecular flexibility index (Phi) is 11.0. The lowest BCUT2D eigenvalue weighted by molar-refractivity contribution is -0.228. The molecule has 0 saturated carbocycles. The Balaban J connectivity index is 2.69. The quantitative estimate of drug-likeness (QED) is 0.181. The zero-order valence-electron chi connectivity index (χ0n) is 22.5. The molecule has 1 unspecified atom stereocenters. The third-order valence-corrected chi connectivity index (χ3v) is 6.60. The van der Waals surface area contributed by atoms with Gasteiger partial charge in [0.1, 0.15) is 52.5 Å². The van der Waals surface area contributed by atoms with Crippen LogP contribution in [0.5, 0.6) is 23.0 Å². The van der Waals surface area contributed by atoms with Gasteiger partial charge < -0.3 is 49.6 Å². The van der Waals surface area contributed by atoms with Crippen molar-refractivity contribution in [2.24, 2.45) is 0 Å². The lowest BCUT2D eigenvalue weighted by Gasteiger charge is -2.46. The topological polar surface area (TPSA) is 158 Å². The Hall–Kier alpha value is -2.86. The lowest BCUT2D eigenvalue weighted by atomic mass is 9.71. The first kappa shape index (κ1) is 31.4. The van der Waals surface area contributed by atoms with Gasteiger partial charge in [0.15, 0.2) is 0 Å². The maximum atomic E-state index is 12.0. The SMILES string of the molecule is C=C(C)CC(O)(Cc1cc(OC)ccc1OC)[C@@H](O)[C@@](O)(Cc1cc(OC)ccc1OC)[C@H](O)[C@@H](O)CO. The molecule has 2 aromatic rings. The zero-order valence-corrected chi connectivity index (χ0v) is 22.5. The Labute approximate surface area is 223 Å². The van der Waals surface area contributed by atoms with Gasteiger partial charge in [0.2, 0.25) is 0 Å². The first-order chi connectivity index (χ1) is 17.9. The molecule has 6 N–H and O–H groups in total. The van der Waals surface area contributed by atoms with E-state index in [-0.39, 0.29) is 12.8 Å². The molecule has 0 radical (unpaired) electrons. The van der Waals surface area contributed by atoms with Crippen molar-refractivity contribution in [3.8, 4) is 23.0 Å². The van der Waals surface area contributed by atoms with Crippen molar-refractivity contribution in [3.63, 3.8) is 0 Å². The average molecular weight is 537 g/mol. The maximum absolute atomic E-state index is 12.0. The van der Waals surface area contributed by atoms with Crippen LogP contribution < -0.4 is 18.9 Å². The van der Waals surface area contributed by atoms with Gasteiger partial charge in [-0.1, -0.05) is 5.57 Å². The largest absolute Gasteiger partial charge is 0.497 e. The van der Waals surface area contributed by atoms with E-state index in [0.717, 1.165) is 0 Å². The third-order valence-electron chi connectivity index (χ3n) is 6.60. The molecular weight excluding hydrogens is 496 g/mol. The van der Waals surface area contributed by atoms with Crippen molar-refractivity contribution in [2.45, 2.75) is 55.7 Å². The first-order valence-electron chi connectivity index (χ1n) is 12.0. The summed E-state index contributed by atoms with van der Waals surface area (Å²) in [5.41, 5.74) is -3.46. The minimum Gasteiger partial charge on any atom is -0.497 e. The van der Waals surface area contributed by atoms with Crippen molar-refractivity contribution < 1.29 is 49.6 Å². The Bertz CT molecular complexity index is 1070. The van der Waals surface area contributed by atoms with Crippen molar-refractivity contribution >= 4 is 0 Å². The van der Waals surface area contributed by atoms with E-state index in [1.165, 1.54) is 34.5 Å². The predicted octanol–water partition coefficient (Wildman–Crippen LogP) is 1.01. The molecule has 0 aliphatic heterocycles. The third kappa shape index (κ3) is 6.96. The first-order valence-corrected chi connectivity index (χ1v) is 12.0. The van der Waals surface area contributed by atoms with Crippen molar-refractivity contribution in [1.82, 2.24) is 0 Å². The fourth-order valence-corrected chi connectivity index (χ4v) is 4.71. The van der Waals surface area contributed by atoms with Gasteiger partial charge >= 0.3 is 0 Å². The fourth-order valence-electron chi connectivity index (χ4n) is 4.71. The summed E-state index contributed by atoms with van der Waals surface area (Å²) in [4.78, 5) is 0. The molecule has 38 heavy (non-hydrogen) atoms. The summed E-state index contributed by atoms with van der Waals surface area (Å²) < 4.78 is 21.4. The number of methoxy groups -OCH3 is 4. The van der Waals surface area contributed by atoms with Crippen LogP contribution in [0, 0.1) is 0 Å². The molecule has 0 spiro atoms. The second-order valence-corrected chi connectivity index (χ2v) is 9.54. The number of aliphatic hydroxyl groups is 6. The van der Waals surface area contributed by atoms with Gasteiger partial charge in [0.05, 0.1) is 35.0 Å². The van der Waals surface area contributed by atoms with Gasteiger partial charge in [-0.2, -0.15) is 0 Å². The molecular formula is C28H40O10. The molecule has 2 rings (SSSR count). The summed E-state index contributed by atoms with van der Waals surface area (Å²) in [6, 6.07) is 9.68. The van der Waals surface area contributed by atoms with Crippen LogP contribution >= 0.6 is 0 Å². The van der Waals surface area contributed by atoms with Gasteiger partial charge in [-0.05, 0) is 49.7 Å². The van der Waals surface area contributed by atoms with E-state index in [1.54, 1.807) is 37.3 Å². The molecule has 0 bridgehead atoms. The number of rotatable bonds is 15. The second kappa shape index (κ2) is 13.3. The van der Waals surface area contributed by atoms with Crippen molar-refractivity contribution in [3.05, 3.63) is 59.7 Å². The van der Waals surface area contributed by atoms with Crippen LogP contribution in [0.3, 0.4) is 0 Å². The van der Waals surface area contributed by atoms with Crippen LogP contribution in [-0.4, -0.2) is 95.2 Å². The van der Waals surface area contributed by atoms with Crippen LogP contribution in [0.4, 0.5) is 0 Å². The second-order valence-electron chi connectivity index (χ2n) is 9.54. The summed E-state index contributed by atoms with van der Waals surface area (Å²) in [5.74, 6) is 1.58. The monoisotopic (exact) mass is 536 g/mol. The van der Waals surface area contributed by atoms with Crippen LogP contribution in [0.25, 0.3) is 0 Å². The standard InChI is InChI=1S/C28H40O10/c1-17(2)13-27(33,14-18-11-20(35-3)7-9-23(18)37-5)26(32)28(34,25(31)22(30)16-29)15-19-12-21(36-4)8-10-24(19)38-6/h7-12,22,25-26,29-34H,1,13-16H2,2-6H3/t22-,25+,26+,27?,28+/m0/s1. The highest BCUT2D eigenvalue weighted by Crippen LogP contribution is 2.39.